The highest BCUT2D eigenvalue weighted by atomic mass is 15.3. The first-order valence-electron chi connectivity index (χ1n) is 6.36. The molecule has 0 spiro atoms. The molecule has 0 fully saturated rings. The van der Waals surface area contributed by atoms with Crippen LogP contribution in [0, 0.1) is 0 Å². The van der Waals surface area contributed by atoms with E-state index < -0.39 is 0 Å². The molecule has 0 saturated carbocycles. The van der Waals surface area contributed by atoms with Gasteiger partial charge in [0.2, 0.25) is 0 Å². The molecule has 0 aromatic carbocycles. The molecule has 7 heteroatoms. The van der Waals surface area contributed by atoms with Crippen LogP contribution in [0.1, 0.15) is 0 Å². The van der Waals surface area contributed by atoms with Crippen LogP contribution in [0.15, 0.2) is 36.9 Å². The van der Waals surface area contributed by atoms with Gasteiger partial charge in [0.1, 0.15) is 18.0 Å². The summed E-state index contributed by atoms with van der Waals surface area (Å²) in [6.45, 7) is 1.49. The summed E-state index contributed by atoms with van der Waals surface area (Å²) in [6.07, 6.45) is 5.07. The van der Waals surface area contributed by atoms with Crippen molar-refractivity contribution < 1.29 is 0 Å². The molecule has 3 rings (SSSR count). The average Bonchev–Trinajstić information content (AvgIpc) is 2.87. The van der Waals surface area contributed by atoms with E-state index in [1.807, 2.05) is 25.2 Å². The Labute approximate surface area is 116 Å². The van der Waals surface area contributed by atoms with E-state index in [1.165, 1.54) is 0 Å². The predicted molar refractivity (Wildman–Crippen MR) is 77.5 cm³/mol. The minimum absolute atomic E-state index is 0.734. The first kappa shape index (κ1) is 12.3. The van der Waals surface area contributed by atoms with Gasteiger partial charge < -0.3 is 10.6 Å². The maximum atomic E-state index is 4.25. The third-order valence-corrected chi connectivity index (χ3v) is 2.92. The Bertz CT molecular complexity index is 692. The molecule has 0 aliphatic heterocycles. The monoisotopic (exact) mass is 269 g/mol. The number of fused-ring (bicyclic) bond motifs is 1. The number of aromatic nitrogens is 5. The third kappa shape index (κ3) is 2.51. The Morgan fingerprint density at radius 3 is 2.85 bits per heavy atom. The Morgan fingerprint density at radius 2 is 2.00 bits per heavy atom. The zero-order valence-corrected chi connectivity index (χ0v) is 11.1. The van der Waals surface area contributed by atoms with Gasteiger partial charge in [0.25, 0.3) is 0 Å². The number of hydrogen-bond acceptors (Lipinski definition) is 6. The lowest BCUT2D eigenvalue weighted by Gasteiger charge is -2.08. The normalized spacial score (nSPS) is 10.7. The Balaban J connectivity index is 1.60. The summed E-state index contributed by atoms with van der Waals surface area (Å²) >= 11 is 0. The summed E-state index contributed by atoms with van der Waals surface area (Å²) in [5.74, 6) is 1.66. The van der Waals surface area contributed by atoms with Gasteiger partial charge in [0, 0.05) is 26.3 Å². The van der Waals surface area contributed by atoms with Crippen LogP contribution in [-0.4, -0.2) is 37.8 Å². The van der Waals surface area contributed by atoms with E-state index >= 15 is 0 Å². The first-order chi connectivity index (χ1) is 9.84. The van der Waals surface area contributed by atoms with Crippen LogP contribution >= 0.6 is 0 Å². The number of hydrogen-bond donors (Lipinski definition) is 2. The Kier molecular flexibility index (Phi) is 3.40. The summed E-state index contributed by atoms with van der Waals surface area (Å²) in [4.78, 5) is 12.6. The molecule has 0 unspecified atom stereocenters. The van der Waals surface area contributed by atoms with Crippen LogP contribution in [0.2, 0.25) is 0 Å². The van der Waals surface area contributed by atoms with E-state index in [1.54, 1.807) is 23.4 Å². The zero-order chi connectivity index (χ0) is 13.8. The molecule has 3 aromatic heterocycles. The van der Waals surface area contributed by atoms with Gasteiger partial charge in [-0.1, -0.05) is 6.07 Å². The number of rotatable bonds is 5. The van der Waals surface area contributed by atoms with Gasteiger partial charge in [-0.3, -0.25) is 4.68 Å². The number of anilines is 2. The molecule has 0 amide bonds. The fraction of sp³-hybridized carbons (Fsp3) is 0.231. The van der Waals surface area contributed by atoms with Crippen molar-refractivity contribution in [3.05, 3.63) is 36.9 Å². The van der Waals surface area contributed by atoms with Crippen LogP contribution in [-0.2, 0) is 7.05 Å². The predicted octanol–water partition coefficient (Wildman–Crippen LogP) is 1.28. The molecule has 0 saturated heterocycles. The second kappa shape index (κ2) is 5.52. The topological polar surface area (TPSA) is 80.5 Å². The molecule has 0 aliphatic carbocycles. The number of pyridine rings is 1. The highest BCUT2D eigenvalue weighted by molar-refractivity contribution is 5.85. The zero-order valence-electron chi connectivity index (χ0n) is 11.1. The van der Waals surface area contributed by atoms with Crippen molar-refractivity contribution in [2.75, 3.05) is 23.7 Å². The van der Waals surface area contributed by atoms with Gasteiger partial charge in [-0.2, -0.15) is 5.10 Å². The summed E-state index contributed by atoms with van der Waals surface area (Å²) in [5, 5.41) is 11.6. The number of nitrogens with one attached hydrogen (secondary N) is 2. The van der Waals surface area contributed by atoms with Gasteiger partial charge in [-0.25, -0.2) is 15.0 Å². The highest BCUT2D eigenvalue weighted by Crippen LogP contribution is 2.17. The fourth-order valence-corrected chi connectivity index (χ4v) is 1.94. The van der Waals surface area contributed by atoms with E-state index in [-0.39, 0.29) is 0 Å². The maximum absolute atomic E-state index is 4.25. The van der Waals surface area contributed by atoms with Crippen LogP contribution < -0.4 is 10.6 Å². The molecule has 3 aromatic rings. The van der Waals surface area contributed by atoms with Crippen LogP contribution in [0.5, 0.6) is 0 Å². The number of nitrogens with zero attached hydrogens (tertiary/aromatic N) is 5. The van der Waals surface area contributed by atoms with E-state index in [2.05, 4.69) is 30.7 Å². The standard InChI is InChI=1S/C13H15N7/c1-20-13-10(8-19-20)12(17-9-18-13)16-7-6-15-11-4-2-3-5-14-11/h2-5,8-9H,6-7H2,1H3,(H,14,15)(H,16,17,18). The van der Waals surface area contributed by atoms with Crippen molar-refractivity contribution in [1.29, 1.82) is 0 Å². The summed E-state index contributed by atoms with van der Waals surface area (Å²) in [5.41, 5.74) is 0.820. The lowest BCUT2D eigenvalue weighted by Crippen LogP contribution is -2.15. The van der Waals surface area contributed by atoms with Gasteiger partial charge in [0.05, 0.1) is 11.6 Å². The lowest BCUT2D eigenvalue weighted by molar-refractivity contribution is 0.785. The Hall–Kier alpha value is -2.70. The van der Waals surface area contributed by atoms with Crippen molar-refractivity contribution in [2.24, 2.45) is 7.05 Å². The van der Waals surface area contributed by atoms with Crippen LogP contribution in [0.4, 0.5) is 11.6 Å². The van der Waals surface area contributed by atoms with Crippen molar-refractivity contribution >= 4 is 22.7 Å². The molecule has 3 heterocycles. The SMILES string of the molecule is Cn1ncc2c(NCCNc3ccccn3)ncnc21. The summed E-state index contributed by atoms with van der Waals surface area (Å²) < 4.78 is 1.73. The minimum atomic E-state index is 0.734. The fourth-order valence-electron chi connectivity index (χ4n) is 1.94. The van der Waals surface area contributed by atoms with E-state index in [4.69, 9.17) is 0 Å². The van der Waals surface area contributed by atoms with Gasteiger partial charge in [-0.15, -0.1) is 0 Å². The molecule has 0 atom stereocenters. The smallest absolute Gasteiger partial charge is 0.163 e. The van der Waals surface area contributed by atoms with Gasteiger partial charge in [-0.05, 0) is 12.1 Å². The molecule has 20 heavy (non-hydrogen) atoms. The number of aryl methyl sites for hydroxylation is 1. The molecular weight excluding hydrogens is 254 g/mol. The summed E-state index contributed by atoms with van der Waals surface area (Å²) in [6, 6.07) is 5.78. The van der Waals surface area contributed by atoms with Crippen molar-refractivity contribution in [3.63, 3.8) is 0 Å². The second-order valence-corrected chi connectivity index (χ2v) is 4.30. The van der Waals surface area contributed by atoms with Gasteiger partial charge in [0.15, 0.2) is 5.65 Å². The Morgan fingerprint density at radius 1 is 1.10 bits per heavy atom. The van der Waals surface area contributed by atoms with Crippen LogP contribution in [0.25, 0.3) is 11.0 Å². The summed E-state index contributed by atoms with van der Waals surface area (Å²) in [7, 11) is 1.86. The quantitative estimate of drug-likeness (QED) is 0.679. The van der Waals surface area contributed by atoms with E-state index in [0.717, 1.165) is 35.8 Å². The van der Waals surface area contributed by atoms with Crippen molar-refractivity contribution in [1.82, 2.24) is 24.7 Å². The maximum Gasteiger partial charge on any atom is 0.163 e. The van der Waals surface area contributed by atoms with Crippen molar-refractivity contribution in [2.45, 2.75) is 0 Å². The third-order valence-electron chi connectivity index (χ3n) is 2.92. The molecular formula is C13H15N7. The minimum Gasteiger partial charge on any atom is -0.368 e. The van der Waals surface area contributed by atoms with Crippen LogP contribution in [0.3, 0.4) is 0 Å². The van der Waals surface area contributed by atoms with Gasteiger partial charge >= 0.3 is 0 Å². The second-order valence-electron chi connectivity index (χ2n) is 4.30. The molecule has 0 bridgehead atoms. The lowest BCUT2D eigenvalue weighted by atomic mass is 10.4. The molecule has 7 nitrogen and oxygen atoms in total. The van der Waals surface area contributed by atoms with Crippen molar-refractivity contribution in [3.8, 4) is 0 Å². The molecule has 2 N–H and O–H groups in total. The average molecular weight is 269 g/mol. The van der Waals surface area contributed by atoms with E-state index in [0.29, 0.717) is 0 Å². The molecule has 102 valence electrons. The molecule has 0 radical (unpaired) electrons. The highest BCUT2D eigenvalue weighted by Gasteiger charge is 2.06. The van der Waals surface area contributed by atoms with E-state index in [9.17, 15) is 0 Å². The molecule has 0 aliphatic rings. The first-order valence-corrected chi connectivity index (χ1v) is 6.36. The largest absolute Gasteiger partial charge is 0.368 e.